The highest BCUT2D eigenvalue weighted by Gasteiger charge is 2.27. The van der Waals surface area contributed by atoms with Crippen molar-refractivity contribution in [3.05, 3.63) is 34.0 Å². The van der Waals surface area contributed by atoms with Gasteiger partial charge in [-0.15, -0.1) is 11.3 Å². The van der Waals surface area contributed by atoms with Gasteiger partial charge in [-0.2, -0.15) is 5.10 Å². The molecule has 0 spiro atoms. The number of amides is 2. The lowest BCUT2D eigenvalue weighted by atomic mass is 9.88. The van der Waals surface area contributed by atoms with Gasteiger partial charge < -0.3 is 11.1 Å². The number of hydrogen-bond donors (Lipinski definition) is 3. The Bertz CT molecular complexity index is 855. The number of primary amides is 1. The first kappa shape index (κ1) is 17.6. The van der Waals surface area contributed by atoms with Crippen LogP contribution in [-0.4, -0.2) is 26.7 Å². The number of nitrogens with two attached hydrogens (primary N) is 1. The van der Waals surface area contributed by atoms with Crippen molar-refractivity contribution in [1.29, 1.82) is 0 Å². The molecule has 1 atom stereocenters. The molecule has 4 N–H and O–H groups in total. The molecule has 0 saturated heterocycles. The van der Waals surface area contributed by atoms with Crippen molar-refractivity contribution >= 4 is 45.5 Å². The number of carbonyl (C=O) groups excluding carboxylic acids is 2. The van der Waals surface area contributed by atoms with E-state index in [-0.39, 0.29) is 10.8 Å². The number of nitrogens with zero attached hydrogens (tertiary/aromatic N) is 2. The summed E-state index contributed by atoms with van der Waals surface area (Å²) in [5, 5.41) is 10.3. The van der Waals surface area contributed by atoms with Gasteiger partial charge in [0.05, 0.1) is 5.56 Å². The van der Waals surface area contributed by atoms with Gasteiger partial charge in [-0.1, -0.05) is 6.92 Å². The largest absolute Gasteiger partial charge is 0.365 e. The fourth-order valence-corrected chi connectivity index (χ4v) is 4.62. The number of thiocarbonyl (C=S) groups is 1. The van der Waals surface area contributed by atoms with Crippen LogP contribution in [0.5, 0.6) is 0 Å². The first-order valence-corrected chi connectivity index (χ1v) is 9.14. The van der Waals surface area contributed by atoms with Gasteiger partial charge in [0, 0.05) is 18.1 Å². The Morgan fingerprint density at radius 2 is 2.24 bits per heavy atom. The minimum absolute atomic E-state index is 0.116. The van der Waals surface area contributed by atoms with Crippen molar-refractivity contribution in [1.82, 2.24) is 15.1 Å². The van der Waals surface area contributed by atoms with Gasteiger partial charge in [0.2, 0.25) is 0 Å². The summed E-state index contributed by atoms with van der Waals surface area (Å²) in [6, 6.07) is 1.60. The zero-order valence-electron chi connectivity index (χ0n) is 14.0. The summed E-state index contributed by atoms with van der Waals surface area (Å²) in [7, 11) is 1.73. The normalized spacial score (nSPS) is 16.2. The molecule has 2 heterocycles. The van der Waals surface area contributed by atoms with Crippen molar-refractivity contribution < 1.29 is 9.59 Å². The maximum absolute atomic E-state index is 12.1. The van der Waals surface area contributed by atoms with Gasteiger partial charge in [0.15, 0.2) is 10.8 Å². The van der Waals surface area contributed by atoms with E-state index in [0.717, 1.165) is 29.7 Å². The smallest absolute Gasteiger partial charge is 0.277 e. The standard InChI is InChI=1S/C16H19N5O2S2/c1-8-3-4-9-11(7-8)25-15(12(9)13(17)22)19-16(24)18-14(23)10-5-6-21(2)20-10/h5-6,8H,3-4,7H2,1-2H3,(H2,17,22)(H2,18,19,23,24). The minimum Gasteiger partial charge on any atom is -0.365 e. The first-order chi connectivity index (χ1) is 11.8. The average Bonchev–Trinajstić information content (AvgIpc) is 3.09. The number of aryl methyl sites for hydroxylation is 1. The molecule has 1 aliphatic carbocycles. The Hall–Kier alpha value is -2.26. The molecule has 9 heteroatoms. The van der Waals surface area contributed by atoms with Crippen LogP contribution in [0, 0.1) is 5.92 Å². The van der Waals surface area contributed by atoms with Crippen LogP contribution in [0.4, 0.5) is 5.00 Å². The maximum atomic E-state index is 12.1. The van der Waals surface area contributed by atoms with E-state index in [1.54, 1.807) is 19.3 Å². The number of aromatic nitrogens is 2. The SMILES string of the molecule is CC1CCc2c(sc(NC(=S)NC(=O)c3ccn(C)n3)c2C(N)=O)C1. The van der Waals surface area contributed by atoms with E-state index in [0.29, 0.717) is 16.5 Å². The third-order valence-electron chi connectivity index (χ3n) is 4.16. The lowest BCUT2D eigenvalue weighted by Crippen LogP contribution is -2.34. The Balaban J connectivity index is 1.77. The molecular weight excluding hydrogens is 358 g/mol. The summed E-state index contributed by atoms with van der Waals surface area (Å²) in [4.78, 5) is 25.2. The van der Waals surface area contributed by atoms with Crippen molar-refractivity contribution in [2.75, 3.05) is 5.32 Å². The maximum Gasteiger partial charge on any atom is 0.277 e. The van der Waals surface area contributed by atoms with E-state index < -0.39 is 11.8 Å². The van der Waals surface area contributed by atoms with Crippen LogP contribution >= 0.6 is 23.6 Å². The molecule has 0 bridgehead atoms. The lowest BCUT2D eigenvalue weighted by Gasteiger charge is -2.18. The second kappa shape index (κ2) is 6.93. The molecule has 0 saturated carbocycles. The molecule has 1 unspecified atom stereocenters. The second-order valence-electron chi connectivity index (χ2n) is 6.20. The molecule has 3 rings (SSSR count). The zero-order valence-corrected chi connectivity index (χ0v) is 15.6. The van der Waals surface area contributed by atoms with E-state index in [1.165, 1.54) is 16.0 Å². The number of carbonyl (C=O) groups is 2. The predicted molar refractivity (Wildman–Crippen MR) is 101 cm³/mol. The van der Waals surface area contributed by atoms with Crippen LogP contribution in [0.1, 0.15) is 44.6 Å². The molecule has 0 aliphatic heterocycles. The highest BCUT2D eigenvalue weighted by atomic mass is 32.1. The van der Waals surface area contributed by atoms with Crippen LogP contribution in [0.3, 0.4) is 0 Å². The van der Waals surface area contributed by atoms with Gasteiger partial charge in [-0.05, 0) is 49.0 Å². The fraction of sp³-hybridized carbons (Fsp3) is 0.375. The molecule has 2 aromatic heterocycles. The van der Waals surface area contributed by atoms with Gasteiger partial charge >= 0.3 is 0 Å². The summed E-state index contributed by atoms with van der Waals surface area (Å²) < 4.78 is 1.53. The van der Waals surface area contributed by atoms with Crippen molar-refractivity contribution in [3.63, 3.8) is 0 Å². The minimum atomic E-state index is -0.478. The van der Waals surface area contributed by atoms with E-state index in [2.05, 4.69) is 22.7 Å². The molecule has 7 nitrogen and oxygen atoms in total. The van der Waals surface area contributed by atoms with Gasteiger partial charge in [-0.3, -0.25) is 19.6 Å². The van der Waals surface area contributed by atoms with Crippen molar-refractivity contribution in [3.8, 4) is 0 Å². The third kappa shape index (κ3) is 3.72. The topological polar surface area (TPSA) is 102 Å². The highest BCUT2D eigenvalue weighted by Crippen LogP contribution is 2.39. The summed E-state index contributed by atoms with van der Waals surface area (Å²) in [5.41, 5.74) is 7.34. The first-order valence-electron chi connectivity index (χ1n) is 7.91. The predicted octanol–water partition coefficient (Wildman–Crippen LogP) is 1.83. The number of nitrogens with one attached hydrogen (secondary N) is 2. The third-order valence-corrected chi connectivity index (χ3v) is 5.53. The lowest BCUT2D eigenvalue weighted by molar-refractivity contribution is 0.0970. The van der Waals surface area contributed by atoms with E-state index in [1.807, 2.05) is 0 Å². The number of anilines is 1. The number of fused-ring (bicyclic) bond motifs is 1. The number of rotatable bonds is 3. The Morgan fingerprint density at radius 3 is 2.88 bits per heavy atom. The van der Waals surface area contributed by atoms with E-state index in [4.69, 9.17) is 18.0 Å². The van der Waals surface area contributed by atoms with Gasteiger partial charge in [0.25, 0.3) is 11.8 Å². The average molecular weight is 377 g/mol. The molecule has 132 valence electrons. The summed E-state index contributed by atoms with van der Waals surface area (Å²) in [5.74, 6) is -0.308. The number of thiophene rings is 1. The molecule has 25 heavy (non-hydrogen) atoms. The summed E-state index contributed by atoms with van der Waals surface area (Å²) >= 11 is 6.68. The molecule has 0 aromatic carbocycles. The van der Waals surface area contributed by atoms with E-state index >= 15 is 0 Å². The summed E-state index contributed by atoms with van der Waals surface area (Å²) in [6.07, 6.45) is 4.46. The van der Waals surface area contributed by atoms with Gasteiger partial charge in [0.1, 0.15) is 5.00 Å². The highest BCUT2D eigenvalue weighted by molar-refractivity contribution is 7.80. The van der Waals surface area contributed by atoms with Crippen molar-refractivity contribution in [2.24, 2.45) is 18.7 Å². The number of hydrogen-bond acceptors (Lipinski definition) is 5. The zero-order chi connectivity index (χ0) is 18.1. The van der Waals surface area contributed by atoms with Crippen LogP contribution in [0.25, 0.3) is 0 Å². The van der Waals surface area contributed by atoms with Crippen LogP contribution < -0.4 is 16.4 Å². The Labute approximate surface area is 154 Å². The monoisotopic (exact) mass is 377 g/mol. The Kier molecular flexibility index (Phi) is 4.87. The van der Waals surface area contributed by atoms with Crippen LogP contribution in [0.2, 0.25) is 0 Å². The molecule has 0 fully saturated rings. The van der Waals surface area contributed by atoms with Crippen molar-refractivity contribution in [2.45, 2.75) is 26.2 Å². The molecule has 0 radical (unpaired) electrons. The van der Waals surface area contributed by atoms with E-state index in [9.17, 15) is 9.59 Å². The Morgan fingerprint density at radius 1 is 1.48 bits per heavy atom. The molecule has 2 amide bonds. The van der Waals surface area contributed by atoms with Gasteiger partial charge in [-0.25, -0.2) is 0 Å². The second-order valence-corrected chi connectivity index (χ2v) is 7.72. The summed E-state index contributed by atoms with van der Waals surface area (Å²) in [6.45, 7) is 2.19. The molecule has 2 aromatic rings. The molecule has 1 aliphatic rings. The molecular formula is C16H19N5O2S2. The van der Waals surface area contributed by atoms with Crippen LogP contribution in [-0.2, 0) is 19.9 Å². The quantitative estimate of drug-likeness (QED) is 0.708. The van der Waals surface area contributed by atoms with Crippen LogP contribution in [0.15, 0.2) is 12.3 Å². The fourth-order valence-electron chi connectivity index (χ4n) is 2.94.